The third kappa shape index (κ3) is 7.31. The van der Waals surface area contributed by atoms with E-state index < -0.39 is 0 Å². The maximum atomic E-state index is 11.7. The Labute approximate surface area is 150 Å². The van der Waals surface area contributed by atoms with Crippen LogP contribution in [-0.2, 0) is 28.3 Å². The molecule has 2 aliphatic carbocycles. The van der Waals surface area contributed by atoms with Gasteiger partial charge in [0.05, 0.1) is 0 Å². The van der Waals surface area contributed by atoms with Crippen molar-refractivity contribution in [2.24, 2.45) is 0 Å². The van der Waals surface area contributed by atoms with Gasteiger partial charge in [0.1, 0.15) is 5.78 Å². The molecule has 1 aromatic carbocycles. The molecule has 0 heterocycles. The summed E-state index contributed by atoms with van der Waals surface area (Å²) < 4.78 is 0. The van der Waals surface area contributed by atoms with Crippen molar-refractivity contribution >= 4 is 17.4 Å². The molecule has 2 saturated carbocycles. The molecular weight excluding hydrogens is 336 g/mol. The molecule has 112 valence electrons. The molecule has 0 amide bonds. The van der Waals surface area contributed by atoms with Crippen LogP contribution >= 0.6 is 11.6 Å². The second-order valence-electron chi connectivity index (χ2n) is 4.69. The van der Waals surface area contributed by atoms with E-state index in [-0.39, 0.29) is 22.9 Å². The third-order valence-electron chi connectivity index (χ3n) is 3.09. The molecule has 0 N–H and O–H groups in total. The molecule has 3 rings (SSSR count). The number of hydrogen-bond acceptors (Lipinski definition) is 1. The molecular formula is C19H17ClFeO+2. The van der Waals surface area contributed by atoms with E-state index in [4.69, 9.17) is 11.6 Å². The summed E-state index contributed by atoms with van der Waals surface area (Å²) in [5.41, 5.74) is 1.14. The van der Waals surface area contributed by atoms with Crippen LogP contribution in [0.15, 0.2) is 24.3 Å². The van der Waals surface area contributed by atoms with Crippen molar-refractivity contribution in [1.82, 2.24) is 0 Å². The number of halogens is 1. The van der Waals surface area contributed by atoms with Gasteiger partial charge in [0.15, 0.2) is 0 Å². The molecule has 0 bridgehead atoms. The third-order valence-corrected chi connectivity index (χ3v) is 3.35. The number of benzene rings is 1. The maximum absolute atomic E-state index is 11.7. The summed E-state index contributed by atoms with van der Waals surface area (Å²) >= 11 is 5.79. The number of aryl methyl sites for hydroxylation is 1. The van der Waals surface area contributed by atoms with Gasteiger partial charge in [-0.3, -0.25) is 4.79 Å². The van der Waals surface area contributed by atoms with Crippen molar-refractivity contribution in [3.05, 3.63) is 98.6 Å². The van der Waals surface area contributed by atoms with Gasteiger partial charge in [0, 0.05) is 17.4 Å². The fourth-order valence-corrected chi connectivity index (χ4v) is 2.06. The Morgan fingerprint density at radius 2 is 1.32 bits per heavy atom. The summed E-state index contributed by atoms with van der Waals surface area (Å²) in [4.78, 5) is 11.7. The zero-order valence-electron chi connectivity index (χ0n) is 12.1. The van der Waals surface area contributed by atoms with Crippen molar-refractivity contribution in [3.63, 3.8) is 0 Å². The van der Waals surface area contributed by atoms with Crippen molar-refractivity contribution < 1.29 is 21.9 Å². The van der Waals surface area contributed by atoms with Crippen LogP contribution in [0.1, 0.15) is 12.0 Å². The molecule has 2 aliphatic rings. The zero-order valence-corrected chi connectivity index (χ0v) is 13.9. The predicted molar refractivity (Wildman–Crippen MR) is 86.7 cm³/mol. The average molecular weight is 353 g/mol. The van der Waals surface area contributed by atoms with E-state index in [0.29, 0.717) is 6.42 Å². The first-order chi connectivity index (χ1) is 10.3. The van der Waals surface area contributed by atoms with Gasteiger partial charge in [-0.1, -0.05) is 23.7 Å². The van der Waals surface area contributed by atoms with Crippen LogP contribution in [0.5, 0.6) is 0 Å². The van der Waals surface area contributed by atoms with Gasteiger partial charge in [0.2, 0.25) is 0 Å². The number of carbonyl (C=O) groups is 1. The Morgan fingerprint density at radius 1 is 0.818 bits per heavy atom. The number of Topliss-reactive ketones (excluding diaryl/α,β-unsaturated/α-hetero) is 1. The van der Waals surface area contributed by atoms with Crippen molar-refractivity contribution in [2.45, 2.75) is 12.8 Å². The number of hydrogen-bond donors (Lipinski definition) is 0. The maximum Gasteiger partial charge on any atom is 2.00 e. The minimum Gasteiger partial charge on any atom is -0.299 e. The Balaban J connectivity index is 0.000000344. The van der Waals surface area contributed by atoms with Gasteiger partial charge in [-0.15, -0.1) is 0 Å². The normalized spacial score (nSPS) is 17.5. The summed E-state index contributed by atoms with van der Waals surface area (Å²) in [6.07, 6.45) is 18.8. The van der Waals surface area contributed by atoms with Crippen LogP contribution in [0.3, 0.4) is 0 Å². The summed E-state index contributed by atoms with van der Waals surface area (Å²) in [7, 11) is 0. The van der Waals surface area contributed by atoms with Crippen molar-refractivity contribution in [3.8, 4) is 0 Å². The van der Waals surface area contributed by atoms with Crippen molar-refractivity contribution in [1.29, 1.82) is 0 Å². The van der Waals surface area contributed by atoms with E-state index in [1.54, 1.807) is 0 Å². The van der Waals surface area contributed by atoms with Gasteiger partial charge in [0.25, 0.3) is 0 Å². The van der Waals surface area contributed by atoms with Gasteiger partial charge in [-0.05, 0) is 81.9 Å². The predicted octanol–water partition coefficient (Wildman–Crippen LogP) is 4.27. The second kappa shape index (κ2) is 11.3. The Morgan fingerprint density at radius 3 is 1.82 bits per heavy atom. The molecule has 0 aromatic heterocycles. The second-order valence-corrected chi connectivity index (χ2v) is 5.12. The van der Waals surface area contributed by atoms with E-state index in [0.717, 1.165) is 22.9 Å². The van der Waals surface area contributed by atoms with E-state index in [2.05, 4.69) is 0 Å². The summed E-state index contributed by atoms with van der Waals surface area (Å²) in [6.45, 7) is 0. The van der Waals surface area contributed by atoms with Gasteiger partial charge in [-0.2, -0.15) is 0 Å². The number of rotatable bonds is 4. The Kier molecular flexibility index (Phi) is 10.1. The monoisotopic (exact) mass is 352 g/mol. The minimum atomic E-state index is 0. The molecule has 10 radical (unpaired) electrons. The van der Waals surface area contributed by atoms with E-state index in [1.165, 1.54) is 0 Å². The first-order valence-corrected chi connectivity index (χ1v) is 7.29. The molecule has 2 fully saturated rings. The SMILES string of the molecule is O=C(CCc1ccc(Cl)cc1)[C]1[CH][CH][CH][CH]1.[CH]1[CH][CH][CH][CH]1.[Fe+2]. The molecule has 1 aromatic rings. The van der Waals surface area contributed by atoms with Crippen LogP contribution in [0, 0.1) is 63.7 Å². The number of ketones is 1. The first-order valence-electron chi connectivity index (χ1n) is 6.92. The Hall–Kier alpha value is -0.301. The topological polar surface area (TPSA) is 17.1 Å². The van der Waals surface area contributed by atoms with Gasteiger partial charge in [-0.25, -0.2) is 0 Å². The molecule has 0 atom stereocenters. The molecule has 0 unspecified atom stereocenters. The fourth-order valence-electron chi connectivity index (χ4n) is 1.93. The van der Waals surface area contributed by atoms with Gasteiger partial charge < -0.3 is 0 Å². The summed E-state index contributed by atoms with van der Waals surface area (Å²) in [5, 5.41) is 0.728. The van der Waals surface area contributed by atoms with Gasteiger partial charge >= 0.3 is 17.1 Å². The fraction of sp³-hybridized carbons (Fsp3) is 0.105. The first kappa shape index (κ1) is 19.7. The van der Waals surface area contributed by atoms with E-state index in [9.17, 15) is 4.79 Å². The number of carbonyl (C=O) groups excluding carboxylic acids is 1. The van der Waals surface area contributed by atoms with Crippen LogP contribution in [-0.4, -0.2) is 5.78 Å². The standard InChI is InChI=1S/C14H12ClO.C5H5.Fe/c15-13-8-5-11(6-9-13)7-10-14(16)12-3-1-2-4-12;1-2-4-5-3-1;/h1-6,8-9H,7,10H2;1-5H;/q;;+2. The summed E-state index contributed by atoms with van der Waals surface area (Å²) in [5.74, 6) is 0.994. The van der Waals surface area contributed by atoms with Crippen molar-refractivity contribution in [2.75, 3.05) is 0 Å². The molecule has 0 saturated heterocycles. The van der Waals surface area contributed by atoms with Crippen LogP contribution in [0.4, 0.5) is 0 Å². The molecule has 3 heteroatoms. The molecule has 0 aliphatic heterocycles. The van der Waals surface area contributed by atoms with Crippen LogP contribution < -0.4 is 0 Å². The zero-order chi connectivity index (χ0) is 14.9. The molecule has 0 spiro atoms. The van der Waals surface area contributed by atoms with E-state index in [1.807, 2.05) is 82.1 Å². The quantitative estimate of drug-likeness (QED) is 0.740. The molecule has 22 heavy (non-hydrogen) atoms. The Bertz CT molecular complexity index is 412. The average Bonchev–Trinajstić information content (AvgIpc) is 3.21. The molecule has 1 nitrogen and oxygen atoms in total. The largest absolute Gasteiger partial charge is 2.00 e. The van der Waals surface area contributed by atoms with E-state index >= 15 is 0 Å². The van der Waals surface area contributed by atoms with Crippen LogP contribution in [0.25, 0.3) is 0 Å². The minimum absolute atomic E-state index is 0. The van der Waals surface area contributed by atoms with Crippen LogP contribution in [0.2, 0.25) is 5.02 Å². The summed E-state index contributed by atoms with van der Waals surface area (Å²) in [6, 6.07) is 7.62. The smallest absolute Gasteiger partial charge is 0.299 e.